The Hall–Kier alpha value is -2.00. The third-order valence-electron chi connectivity index (χ3n) is 2.54. The molecule has 4 heteroatoms. The Morgan fingerprint density at radius 1 is 1.22 bits per heavy atom. The molecule has 0 aliphatic rings. The first-order valence-electron chi connectivity index (χ1n) is 5.43. The quantitative estimate of drug-likeness (QED) is 0.812. The van der Waals surface area contributed by atoms with Gasteiger partial charge >= 0.3 is 0 Å². The van der Waals surface area contributed by atoms with Crippen LogP contribution in [-0.4, -0.2) is 11.0 Å². The topological polar surface area (TPSA) is 49.3 Å². The number of nitrogens with one attached hydrogen (secondary N) is 1. The molecule has 92 valence electrons. The van der Waals surface area contributed by atoms with E-state index < -0.39 is 0 Å². The molecule has 0 aliphatic heterocycles. The first kappa shape index (κ1) is 12.5. The average Bonchev–Trinajstić information content (AvgIpc) is 2.34. The molecule has 1 amide bonds. The second-order valence-electron chi connectivity index (χ2n) is 3.97. The van der Waals surface area contributed by atoms with Crippen molar-refractivity contribution in [1.29, 1.82) is 0 Å². The van der Waals surface area contributed by atoms with Crippen molar-refractivity contribution in [3.05, 3.63) is 58.6 Å². The molecular weight excluding hydrogens is 250 g/mol. The molecule has 0 heterocycles. The number of aryl methyl sites for hydroxylation is 1. The summed E-state index contributed by atoms with van der Waals surface area (Å²) in [5.41, 5.74) is 1.84. The fourth-order valence-corrected chi connectivity index (χ4v) is 1.76. The van der Waals surface area contributed by atoms with Crippen molar-refractivity contribution in [2.75, 3.05) is 5.32 Å². The van der Waals surface area contributed by atoms with Crippen LogP contribution in [0.3, 0.4) is 0 Å². The summed E-state index contributed by atoms with van der Waals surface area (Å²) in [6.07, 6.45) is 0. The summed E-state index contributed by atoms with van der Waals surface area (Å²) in [5.74, 6) is -0.0293. The van der Waals surface area contributed by atoms with E-state index in [1.54, 1.807) is 49.4 Å². The summed E-state index contributed by atoms with van der Waals surface area (Å²) >= 11 is 5.82. The van der Waals surface area contributed by atoms with Crippen LogP contribution in [0.15, 0.2) is 42.5 Å². The number of halogens is 1. The maximum Gasteiger partial charge on any atom is 0.255 e. The van der Waals surface area contributed by atoms with E-state index in [4.69, 9.17) is 11.6 Å². The SMILES string of the molecule is Cc1cc(NC(=O)c2cccc(Cl)c2)ccc1O. The number of phenolic OH excluding ortho intramolecular Hbond substituents is 1. The highest BCUT2D eigenvalue weighted by atomic mass is 35.5. The Kier molecular flexibility index (Phi) is 3.53. The minimum Gasteiger partial charge on any atom is -0.508 e. The summed E-state index contributed by atoms with van der Waals surface area (Å²) < 4.78 is 0. The Labute approximate surface area is 110 Å². The zero-order valence-corrected chi connectivity index (χ0v) is 10.5. The maximum atomic E-state index is 11.9. The molecule has 0 fully saturated rings. The maximum absolute atomic E-state index is 11.9. The van der Waals surface area contributed by atoms with Crippen LogP contribution in [0.5, 0.6) is 5.75 Å². The van der Waals surface area contributed by atoms with Gasteiger partial charge < -0.3 is 10.4 Å². The number of carbonyl (C=O) groups is 1. The standard InChI is InChI=1S/C14H12ClNO2/c1-9-7-12(5-6-13(9)17)16-14(18)10-3-2-4-11(15)8-10/h2-8,17H,1H3,(H,16,18). The molecule has 0 aromatic heterocycles. The molecule has 2 rings (SSSR count). The lowest BCUT2D eigenvalue weighted by Crippen LogP contribution is -2.11. The van der Waals surface area contributed by atoms with Crippen molar-refractivity contribution in [3.8, 4) is 5.75 Å². The number of amides is 1. The smallest absolute Gasteiger partial charge is 0.255 e. The van der Waals surface area contributed by atoms with Gasteiger partial charge in [-0.2, -0.15) is 0 Å². The number of anilines is 1. The second-order valence-corrected chi connectivity index (χ2v) is 4.40. The number of rotatable bonds is 2. The molecule has 2 aromatic rings. The van der Waals surface area contributed by atoms with Gasteiger partial charge in [0.15, 0.2) is 0 Å². The molecule has 3 nitrogen and oxygen atoms in total. The molecule has 18 heavy (non-hydrogen) atoms. The lowest BCUT2D eigenvalue weighted by Gasteiger charge is -2.07. The van der Waals surface area contributed by atoms with E-state index in [-0.39, 0.29) is 11.7 Å². The Bertz CT molecular complexity index is 596. The molecule has 0 aliphatic carbocycles. The predicted molar refractivity (Wildman–Crippen MR) is 72.2 cm³/mol. The van der Waals surface area contributed by atoms with Crippen molar-refractivity contribution >= 4 is 23.2 Å². The fourth-order valence-electron chi connectivity index (χ4n) is 1.57. The highest BCUT2D eigenvalue weighted by Gasteiger charge is 2.07. The number of hydrogen-bond donors (Lipinski definition) is 2. The predicted octanol–water partition coefficient (Wildman–Crippen LogP) is 3.61. The van der Waals surface area contributed by atoms with Crippen LogP contribution >= 0.6 is 11.6 Å². The lowest BCUT2D eigenvalue weighted by atomic mass is 10.1. The van der Waals surface area contributed by atoms with Gasteiger partial charge in [0.05, 0.1) is 0 Å². The van der Waals surface area contributed by atoms with Crippen LogP contribution in [0.1, 0.15) is 15.9 Å². The highest BCUT2D eigenvalue weighted by Crippen LogP contribution is 2.21. The third-order valence-corrected chi connectivity index (χ3v) is 2.78. The molecule has 0 unspecified atom stereocenters. The number of aromatic hydroxyl groups is 1. The molecule has 0 saturated heterocycles. The van der Waals surface area contributed by atoms with Gasteiger partial charge in [-0.3, -0.25) is 4.79 Å². The molecule has 2 aromatic carbocycles. The zero-order valence-electron chi connectivity index (χ0n) is 9.77. The van der Waals surface area contributed by atoms with Gasteiger partial charge in [-0.15, -0.1) is 0 Å². The van der Waals surface area contributed by atoms with Gasteiger partial charge in [0.1, 0.15) is 5.75 Å². The number of carbonyl (C=O) groups excluding carboxylic acids is 1. The van der Waals surface area contributed by atoms with E-state index in [0.29, 0.717) is 21.8 Å². The first-order valence-corrected chi connectivity index (χ1v) is 5.80. The number of hydrogen-bond acceptors (Lipinski definition) is 2. The summed E-state index contributed by atoms with van der Waals surface area (Å²) in [6.45, 7) is 1.77. The Morgan fingerprint density at radius 2 is 2.00 bits per heavy atom. The molecule has 0 radical (unpaired) electrons. The molecular formula is C14H12ClNO2. The molecule has 0 saturated carbocycles. The Morgan fingerprint density at radius 3 is 2.67 bits per heavy atom. The van der Waals surface area contributed by atoms with Gasteiger partial charge in [0, 0.05) is 16.3 Å². The van der Waals surface area contributed by atoms with E-state index in [0.717, 1.165) is 0 Å². The molecule has 2 N–H and O–H groups in total. The monoisotopic (exact) mass is 261 g/mol. The van der Waals surface area contributed by atoms with Gasteiger partial charge in [-0.25, -0.2) is 0 Å². The van der Waals surface area contributed by atoms with Crippen molar-refractivity contribution in [2.45, 2.75) is 6.92 Å². The van der Waals surface area contributed by atoms with Crippen molar-refractivity contribution in [1.82, 2.24) is 0 Å². The van der Waals surface area contributed by atoms with Gasteiger partial charge in [-0.1, -0.05) is 17.7 Å². The Balaban J connectivity index is 2.18. The van der Waals surface area contributed by atoms with E-state index in [2.05, 4.69) is 5.32 Å². The lowest BCUT2D eigenvalue weighted by molar-refractivity contribution is 0.102. The number of benzene rings is 2. The fraction of sp³-hybridized carbons (Fsp3) is 0.0714. The van der Waals surface area contributed by atoms with Crippen LogP contribution in [0, 0.1) is 6.92 Å². The van der Waals surface area contributed by atoms with Gasteiger partial charge in [0.2, 0.25) is 0 Å². The van der Waals surface area contributed by atoms with Crippen molar-refractivity contribution in [2.24, 2.45) is 0 Å². The minimum atomic E-state index is -0.234. The summed E-state index contributed by atoms with van der Waals surface area (Å²) in [5, 5.41) is 12.7. The first-order chi connectivity index (χ1) is 8.56. The highest BCUT2D eigenvalue weighted by molar-refractivity contribution is 6.31. The van der Waals surface area contributed by atoms with Crippen LogP contribution in [-0.2, 0) is 0 Å². The number of phenols is 1. The van der Waals surface area contributed by atoms with E-state index >= 15 is 0 Å². The molecule has 0 spiro atoms. The molecule has 0 bridgehead atoms. The van der Waals surface area contributed by atoms with E-state index in [1.165, 1.54) is 0 Å². The summed E-state index contributed by atoms with van der Waals surface area (Å²) in [6, 6.07) is 11.6. The van der Waals surface area contributed by atoms with Crippen LogP contribution < -0.4 is 5.32 Å². The van der Waals surface area contributed by atoms with Crippen molar-refractivity contribution < 1.29 is 9.90 Å². The minimum absolute atomic E-state index is 0.204. The largest absolute Gasteiger partial charge is 0.508 e. The van der Waals surface area contributed by atoms with Crippen molar-refractivity contribution in [3.63, 3.8) is 0 Å². The second kappa shape index (κ2) is 5.10. The van der Waals surface area contributed by atoms with E-state index in [1.807, 2.05) is 0 Å². The third kappa shape index (κ3) is 2.81. The van der Waals surface area contributed by atoms with Crippen LogP contribution in [0.2, 0.25) is 5.02 Å². The van der Waals surface area contributed by atoms with E-state index in [9.17, 15) is 9.90 Å². The average molecular weight is 262 g/mol. The normalized spacial score (nSPS) is 10.1. The summed E-state index contributed by atoms with van der Waals surface area (Å²) in [7, 11) is 0. The zero-order chi connectivity index (χ0) is 13.1. The molecule has 0 atom stereocenters. The van der Waals surface area contributed by atoms with Crippen LogP contribution in [0.4, 0.5) is 5.69 Å². The van der Waals surface area contributed by atoms with Gasteiger partial charge in [-0.05, 0) is 48.9 Å². The summed E-state index contributed by atoms with van der Waals surface area (Å²) in [4.78, 5) is 11.9. The van der Waals surface area contributed by atoms with Crippen LogP contribution in [0.25, 0.3) is 0 Å². The van der Waals surface area contributed by atoms with Gasteiger partial charge in [0.25, 0.3) is 5.91 Å².